The van der Waals surface area contributed by atoms with Gasteiger partial charge in [0.25, 0.3) is 0 Å². The third-order valence-electron chi connectivity index (χ3n) is 7.65. The van der Waals surface area contributed by atoms with Crippen LogP contribution in [0.25, 0.3) is 11.1 Å². The summed E-state index contributed by atoms with van der Waals surface area (Å²) in [6.45, 7) is 2.09. The zero-order valence-corrected chi connectivity index (χ0v) is 21.3. The number of piperidine rings is 1. The molecule has 2 unspecified atom stereocenters. The quantitative estimate of drug-likeness (QED) is 0.368. The van der Waals surface area contributed by atoms with Crippen molar-refractivity contribution in [1.29, 1.82) is 5.26 Å². The number of rotatable bonds is 6. The van der Waals surface area contributed by atoms with Crippen LogP contribution >= 0.6 is 0 Å². The molecule has 2 saturated heterocycles. The molecule has 2 amide bonds. The van der Waals surface area contributed by atoms with E-state index in [1.165, 1.54) is 28.4 Å². The molecule has 6 N–H and O–H groups in total. The molecule has 4 atom stereocenters. The molecular formula is C27H31FN8O3. The summed E-state index contributed by atoms with van der Waals surface area (Å²) >= 11 is 0. The zero-order valence-electron chi connectivity index (χ0n) is 21.3. The highest BCUT2D eigenvalue weighted by Crippen LogP contribution is 2.52. The maximum absolute atomic E-state index is 14.5. The van der Waals surface area contributed by atoms with Crippen LogP contribution in [-0.2, 0) is 9.53 Å². The number of likely N-dealkylation sites (tertiary alicyclic amines) is 1. The van der Waals surface area contributed by atoms with Crippen molar-refractivity contribution >= 4 is 17.7 Å². The lowest BCUT2D eigenvalue weighted by molar-refractivity contribution is -0.133. The summed E-state index contributed by atoms with van der Waals surface area (Å²) in [6.07, 6.45) is 6.66. The number of ether oxygens (including phenoxy) is 1. The Kier molecular flexibility index (Phi) is 7.12. The number of anilines is 1. The minimum Gasteiger partial charge on any atom is -0.442 e. The fraction of sp³-hybridized carbons (Fsp3) is 0.407. The van der Waals surface area contributed by atoms with Crippen molar-refractivity contribution < 1.29 is 18.7 Å². The van der Waals surface area contributed by atoms with Gasteiger partial charge in [-0.25, -0.2) is 15.0 Å². The summed E-state index contributed by atoms with van der Waals surface area (Å²) in [4.78, 5) is 31.1. The Labute approximate surface area is 225 Å². The molecule has 2 saturated carbocycles. The van der Waals surface area contributed by atoms with Gasteiger partial charge >= 0.3 is 6.09 Å². The van der Waals surface area contributed by atoms with Gasteiger partial charge in [-0.05, 0) is 48.9 Å². The van der Waals surface area contributed by atoms with Gasteiger partial charge in [-0.1, -0.05) is 6.07 Å². The van der Waals surface area contributed by atoms with Crippen LogP contribution in [0.2, 0.25) is 0 Å². The summed E-state index contributed by atoms with van der Waals surface area (Å²) in [5.74, 6) is 6.48. The number of carbonyl (C=O) groups excluding carboxylic acids is 2. The van der Waals surface area contributed by atoms with E-state index in [-0.39, 0.29) is 24.9 Å². The molecule has 2 aromatic rings. The maximum Gasteiger partial charge on any atom is 0.414 e. The molecule has 0 bridgehead atoms. The van der Waals surface area contributed by atoms with Gasteiger partial charge in [0, 0.05) is 49.0 Å². The largest absolute Gasteiger partial charge is 0.442 e. The molecule has 12 heteroatoms. The normalized spacial score (nSPS) is 25.8. The van der Waals surface area contributed by atoms with Crippen LogP contribution in [0.1, 0.15) is 12.8 Å². The molecule has 204 valence electrons. The smallest absolute Gasteiger partial charge is 0.414 e. The lowest BCUT2D eigenvalue weighted by Crippen LogP contribution is -2.45. The molecule has 0 spiro atoms. The lowest BCUT2D eigenvalue weighted by atomic mass is 10.1. The number of nitrogens with two attached hydrogens (primary N) is 3. The van der Waals surface area contributed by atoms with Crippen molar-refractivity contribution in [2.45, 2.75) is 24.5 Å². The second kappa shape index (κ2) is 10.5. The van der Waals surface area contributed by atoms with Crippen LogP contribution in [0.3, 0.4) is 0 Å². The first-order valence-electron chi connectivity index (χ1n) is 12.8. The first-order chi connectivity index (χ1) is 18.7. The molecule has 3 heterocycles. The number of carbonyl (C=O) groups is 2. The average molecular weight is 535 g/mol. The van der Waals surface area contributed by atoms with Crippen molar-refractivity contribution in [3.05, 3.63) is 60.9 Å². The van der Waals surface area contributed by atoms with E-state index in [0.717, 1.165) is 25.9 Å². The summed E-state index contributed by atoms with van der Waals surface area (Å²) in [6, 6.07) is 10.4. The van der Waals surface area contributed by atoms with Crippen LogP contribution in [-0.4, -0.2) is 64.7 Å². The number of hydrogen-bond acceptors (Lipinski definition) is 9. The number of fused-ring (bicyclic) bond motifs is 1. The molecule has 4 fully saturated rings. The Morgan fingerprint density at radius 1 is 1.28 bits per heavy atom. The summed E-state index contributed by atoms with van der Waals surface area (Å²) in [5, 5.41) is 10.1. The molecule has 11 nitrogen and oxygen atoms in total. The topological polar surface area (TPSA) is 168 Å². The van der Waals surface area contributed by atoms with Crippen molar-refractivity contribution in [3.8, 4) is 17.2 Å². The van der Waals surface area contributed by atoms with Crippen molar-refractivity contribution in [3.63, 3.8) is 0 Å². The first-order valence-corrected chi connectivity index (χ1v) is 12.8. The number of aromatic nitrogens is 1. The Bertz CT molecular complexity index is 1300. The first kappa shape index (κ1) is 26.4. The molecule has 2 aliphatic heterocycles. The fourth-order valence-corrected chi connectivity index (χ4v) is 5.21. The van der Waals surface area contributed by atoms with Crippen molar-refractivity contribution in [1.82, 2.24) is 14.9 Å². The third kappa shape index (κ3) is 5.50. The number of amides is 2. The van der Waals surface area contributed by atoms with Gasteiger partial charge in [-0.3, -0.25) is 14.7 Å². The molecule has 39 heavy (non-hydrogen) atoms. The molecular weight excluding hydrogens is 503 g/mol. The number of pyridine rings is 1. The molecule has 4 aliphatic rings. The van der Waals surface area contributed by atoms with Gasteiger partial charge in [0.2, 0.25) is 5.91 Å². The van der Waals surface area contributed by atoms with Crippen molar-refractivity contribution in [2.24, 2.45) is 35.1 Å². The number of nitrogens with zero attached hydrogens (tertiary/aromatic N) is 5. The lowest BCUT2D eigenvalue weighted by Gasteiger charge is -2.22. The average Bonchev–Trinajstić information content (AvgIpc) is 3.72. The highest BCUT2D eigenvalue weighted by molar-refractivity contribution is 5.90. The monoisotopic (exact) mass is 534 g/mol. The number of hydrazine groups is 1. The molecule has 6 rings (SSSR count). The standard InChI is InChI=1S/C17H18FN5O2.C10H13N3O/c18-16-8-13(3-4-15(16)12-2-1-6-21-9-12)23-11-14(25-17(23)24)10-22(20)7-5-19;11-3-6-7-4-13(5-8(6)7)9(14)10(12)1-2-10/h1-9,14H,10-11,19-20H2;6-8H,1-2,4-5,12H2/b7-5-;/t;6?,7-,8+. The SMILES string of the molecule is N#CC1[C@H]2CN(C(=O)C3(N)CC3)C[C@@H]12.N/C=C\N(N)CC1CN(c2ccc(-c3cccnc3)c(F)c2)C(=O)O1. The second-order valence-electron chi connectivity index (χ2n) is 10.4. The predicted octanol–water partition coefficient (Wildman–Crippen LogP) is 1.52. The van der Waals surface area contributed by atoms with Crippen LogP contribution in [0, 0.1) is 34.9 Å². The maximum atomic E-state index is 14.5. The Morgan fingerprint density at radius 3 is 2.62 bits per heavy atom. The highest BCUT2D eigenvalue weighted by Gasteiger charge is 2.60. The predicted molar refractivity (Wildman–Crippen MR) is 140 cm³/mol. The molecule has 1 aromatic carbocycles. The van der Waals surface area contributed by atoms with Crippen LogP contribution < -0.4 is 22.2 Å². The fourth-order valence-electron chi connectivity index (χ4n) is 5.21. The Hall–Kier alpha value is -4.21. The number of halogens is 1. The number of hydrogen-bond donors (Lipinski definition) is 3. The number of benzene rings is 1. The van der Waals surface area contributed by atoms with E-state index in [9.17, 15) is 14.0 Å². The van der Waals surface area contributed by atoms with E-state index in [2.05, 4.69) is 11.1 Å². The van der Waals surface area contributed by atoms with E-state index < -0.39 is 23.6 Å². The van der Waals surface area contributed by atoms with E-state index in [1.54, 1.807) is 36.7 Å². The van der Waals surface area contributed by atoms with E-state index in [4.69, 9.17) is 27.3 Å². The summed E-state index contributed by atoms with van der Waals surface area (Å²) in [5.41, 5.74) is 12.1. The van der Waals surface area contributed by atoms with Gasteiger partial charge < -0.3 is 26.1 Å². The molecule has 2 aliphatic carbocycles. The van der Waals surface area contributed by atoms with Gasteiger partial charge in [-0.2, -0.15) is 5.26 Å². The van der Waals surface area contributed by atoms with Crippen molar-refractivity contribution in [2.75, 3.05) is 31.1 Å². The van der Waals surface area contributed by atoms with Gasteiger partial charge in [0.1, 0.15) is 11.9 Å². The van der Waals surface area contributed by atoms with Crippen LogP contribution in [0.4, 0.5) is 14.9 Å². The summed E-state index contributed by atoms with van der Waals surface area (Å²) < 4.78 is 19.7. The number of nitriles is 1. The van der Waals surface area contributed by atoms with Gasteiger partial charge in [0.05, 0.1) is 36.3 Å². The molecule has 0 radical (unpaired) electrons. The Morgan fingerprint density at radius 2 is 2.03 bits per heavy atom. The Balaban J connectivity index is 0.000000184. The summed E-state index contributed by atoms with van der Waals surface area (Å²) in [7, 11) is 0. The van der Waals surface area contributed by atoms with Crippen LogP contribution in [0.5, 0.6) is 0 Å². The van der Waals surface area contributed by atoms with E-state index in [1.807, 2.05) is 4.90 Å². The molecule has 1 aromatic heterocycles. The minimum atomic E-state index is -0.538. The second-order valence-corrected chi connectivity index (χ2v) is 10.4. The third-order valence-corrected chi connectivity index (χ3v) is 7.65. The van der Waals surface area contributed by atoms with Gasteiger partial charge in [-0.15, -0.1) is 0 Å². The minimum absolute atomic E-state index is 0.112. The van der Waals surface area contributed by atoms with E-state index >= 15 is 0 Å². The van der Waals surface area contributed by atoms with E-state index in [0.29, 0.717) is 28.7 Å². The zero-order chi connectivity index (χ0) is 27.7. The number of cyclic esters (lactones) is 1. The van der Waals surface area contributed by atoms with Crippen LogP contribution in [0.15, 0.2) is 55.1 Å². The highest BCUT2D eigenvalue weighted by atomic mass is 19.1. The van der Waals surface area contributed by atoms with Gasteiger partial charge in [0.15, 0.2) is 0 Å².